The molecule has 0 aliphatic rings. The molecular weight excluding hydrogens is 421 g/mol. The number of rotatable bonds is 8. The van der Waals surface area contributed by atoms with Crippen LogP contribution >= 0.6 is 0 Å². The zero-order valence-electron chi connectivity index (χ0n) is 22.8. The maximum absolute atomic E-state index is 10.9. The maximum Gasteiger partial charge on any atom is 0.192 e. The van der Waals surface area contributed by atoms with Gasteiger partial charge in [0.2, 0.25) is 0 Å². The average molecular weight is 473 g/mol. The molecule has 0 spiro atoms. The molecule has 0 amide bonds. The Labute approximate surface area is 192 Å². The molecule has 0 aliphatic heterocycles. The van der Waals surface area contributed by atoms with Gasteiger partial charge in [-0.3, -0.25) is 0 Å². The molecule has 0 fully saturated rings. The van der Waals surface area contributed by atoms with Crippen molar-refractivity contribution in [2.45, 2.75) is 124 Å². The van der Waals surface area contributed by atoms with Crippen LogP contribution in [0.1, 0.15) is 55.4 Å². The SMILES string of the molecule is C[C@@H]([C@@H](O[Si](C)(C)C(C)(C)C)[C@@H](C)CO[Si](C)(C)C(C)(C)C)[C@@H](O)C#C[Si](C)(C)C. The average Bonchev–Trinajstić information content (AvgIpc) is 2.52. The van der Waals surface area contributed by atoms with Gasteiger partial charge in [-0.1, -0.05) is 81.0 Å². The highest BCUT2D eigenvalue weighted by atomic mass is 28.4. The third-order valence-corrected chi connectivity index (χ3v) is 16.8. The van der Waals surface area contributed by atoms with Crippen LogP contribution in [0.5, 0.6) is 0 Å². The van der Waals surface area contributed by atoms with Crippen LogP contribution in [-0.4, -0.2) is 48.6 Å². The van der Waals surface area contributed by atoms with Crippen molar-refractivity contribution in [2.75, 3.05) is 6.61 Å². The predicted molar refractivity (Wildman–Crippen MR) is 141 cm³/mol. The summed E-state index contributed by atoms with van der Waals surface area (Å²) in [7, 11) is -5.38. The first-order valence-corrected chi connectivity index (χ1v) is 20.9. The number of hydrogen-bond donors (Lipinski definition) is 1. The normalized spacial score (nSPS) is 18.3. The molecule has 0 rings (SSSR count). The largest absolute Gasteiger partial charge is 0.416 e. The van der Waals surface area contributed by atoms with Crippen molar-refractivity contribution in [3.8, 4) is 11.5 Å². The van der Waals surface area contributed by atoms with Crippen LogP contribution in [0.2, 0.25) is 55.9 Å². The van der Waals surface area contributed by atoms with Crippen molar-refractivity contribution in [3.63, 3.8) is 0 Å². The lowest BCUT2D eigenvalue weighted by Crippen LogP contribution is -2.50. The lowest BCUT2D eigenvalue weighted by Gasteiger charge is -2.44. The second kappa shape index (κ2) is 10.4. The third-order valence-electron chi connectivity index (χ3n) is 6.92. The van der Waals surface area contributed by atoms with Crippen molar-refractivity contribution < 1.29 is 14.0 Å². The Bertz CT molecular complexity index is 598. The lowest BCUT2D eigenvalue weighted by molar-refractivity contribution is 0.00828. The monoisotopic (exact) mass is 472 g/mol. The second-order valence-corrected chi connectivity index (χ2v) is 27.5. The molecule has 0 saturated carbocycles. The van der Waals surface area contributed by atoms with Crippen LogP contribution in [0.4, 0.5) is 0 Å². The Kier molecular flexibility index (Phi) is 10.4. The van der Waals surface area contributed by atoms with E-state index in [-0.39, 0.29) is 28.0 Å². The molecule has 0 aromatic rings. The fourth-order valence-corrected chi connectivity index (χ4v) is 5.69. The Morgan fingerprint density at radius 3 is 1.60 bits per heavy atom. The molecule has 3 nitrogen and oxygen atoms in total. The van der Waals surface area contributed by atoms with Crippen molar-refractivity contribution >= 4 is 24.7 Å². The summed E-state index contributed by atoms with van der Waals surface area (Å²) in [4.78, 5) is 0. The van der Waals surface area contributed by atoms with Crippen LogP contribution in [-0.2, 0) is 8.85 Å². The van der Waals surface area contributed by atoms with Gasteiger partial charge in [0.05, 0.1) is 6.10 Å². The summed E-state index contributed by atoms with van der Waals surface area (Å²) < 4.78 is 13.4. The first kappa shape index (κ1) is 30.1. The van der Waals surface area contributed by atoms with Gasteiger partial charge in [-0.25, -0.2) is 0 Å². The summed E-state index contributed by atoms with van der Waals surface area (Å²) in [5.41, 5.74) is 3.34. The highest BCUT2D eigenvalue weighted by Crippen LogP contribution is 2.40. The van der Waals surface area contributed by atoms with Crippen LogP contribution in [0.25, 0.3) is 0 Å². The van der Waals surface area contributed by atoms with Crippen LogP contribution in [0, 0.1) is 23.3 Å². The zero-order chi connectivity index (χ0) is 24.3. The van der Waals surface area contributed by atoms with E-state index in [4.69, 9.17) is 8.85 Å². The summed E-state index contributed by atoms with van der Waals surface area (Å²) in [5, 5.41) is 11.2. The molecule has 0 unspecified atom stereocenters. The van der Waals surface area contributed by atoms with E-state index in [1.165, 1.54) is 0 Å². The fourth-order valence-electron chi connectivity index (χ4n) is 2.51. The fraction of sp³-hybridized carbons (Fsp3) is 0.917. The van der Waals surface area contributed by atoms with Crippen molar-refractivity contribution in [3.05, 3.63) is 0 Å². The van der Waals surface area contributed by atoms with E-state index >= 15 is 0 Å². The number of aliphatic hydroxyl groups is 1. The molecule has 6 heteroatoms. The van der Waals surface area contributed by atoms with E-state index in [1.54, 1.807) is 0 Å². The minimum absolute atomic E-state index is 0.0685. The Morgan fingerprint density at radius 2 is 1.23 bits per heavy atom. The van der Waals surface area contributed by atoms with E-state index in [9.17, 15) is 5.11 Å². The Hall–Kier alpha value is 0.0906. The third kappa shape index (κ3) is 9.30. The van der Waals surface area contributed by atoms with Gasteiger partial charge in [-0.2, -0.15) is 0 Å². The Morgan fingerprint density at radius 1 is 0.800 bits per heavy atom. The summed E-state index contributed by atoms with van der Waals surface area (Å²) in [6, 6.07) is 0. The van der Waals surface area contributed by atoms with E-state index in [0.29, 0.717) is 6.61 Å². The minimum atomic E-state index is -2.01. The topological polar surface area (TPSA) is 38.7 Å². The molecule has 0 aliphatic carbocycles. The van der Waals surface area contributed by atoms with Gasteiger partial charge in [-0.15, -0.1) is 5.54 Å². The second-order valence-electron chi connectivity index (χ2n) is 13.2. The summed E-state index contributed by atoms with van der Waals surface area (Å²) in [6.45, 7) is 34.3. The molecule has 1 N–H and O–H groups in total. The van der Waals surface area contributed by atoms with Gasteiger partial charge >= 0.3 is 0 Å². The van der Waals surface area contributed by atoms with E-state index < -0.39 is 30.8 Å². The molecule has 4 atom stereocenters. The Balaban J connectivity index is 5.75. The minimum Gasteiger partial charge on any atom is -0.416 e. The van der Waals surface area contributed by atoms with Crippen molar-refractivity contribution in [2.24, 2.45) is 11.8 Å². The van der Waals surface area contributed by atoms with Gasteiger partial charge in [0.25, 0.3) is 0 Å². The van der Waals surface area contributed by atoms with Crippen molar-refractivity contribution in [1.82, 2.24) is 0 Å². The van der Waals surface area contributed by atoms with Gasteiger partial charge < -0.3 is 14.0 Å². The predicted octanol–water partition coefficient (Wildman–Crippen LogP) is 6.91. The maximum atomic E-state index is 10.9. The smallest absolute Gasteiger partial charge is 0.192 e. The lowest BCUT2D eigenvalue weighted by atomic mass is 9.90. The van der Waals surface area contributed by atoms with E-state index in [1.807, 2.05) is 0 Å². The van der Waals surface area contributed by atoms with E-state index in [2.05, 4.69) is 113 Å². The van der Waals surface area contributed by atoms with E-state index in [0.717, 1.165) is 0 Å². The highest BCUT2D eigenvalue weighted by molar-refractivity contribution is 6.83. The number of hydrogen-bond acceptors (Lipinski definition) is 3. The summed E-state index contributed by atoms with van der Waals surface area (Å²) in [5.74, 6) is 3.27. The molecule has 30 heavy (non-hydrogen) atoms. The van der Waals surface area contributed by atoms with Crippen LogP contribution < -0.4 is 0 Å². The van der Waals surface area contributed by atoms with Gasteiger partial charge in [0, 0.05) is 18.4 Å². The van der Waals surface area contributed by atoms with Crippen molar-refractivity contribution in [1.29, 1.82) is 0 Å². The highest BCUT2D eigenvalue weighted by Gasteiger charge is 2.43. The standard InChI is InChI=1S/C24H52O3Si3/c1-19(18-26-29(12,13)23(3,4)5)22(27-30(14,15)24(6,7)8)20(2)21(25)16-17-28(9,10)11/h19-22,25H,18H2,1-15H3/t19-,20+,21-,22-/m0/s1. The molecule has 178 valence electrons. The molecule has 0 bridgehead atoms. The van der Waals surface area contributed by atoms with Gasteiger partial charge in [-0.05, 0) is 36.3 Å². The molecule has 0 radical (unpaired) electrons. The number of aliphatic hydroxyl groups excluding tert-OH is 1. The summed E-state index contributed by atoms with van der Waals surface area (Å²) in [6.07, 6.45) is -0.761. The van der Waals surface area contributed by atoms with Crippen LogP contribution in [0.3, 0.4) is 0 Å². The summed E-state index contributed by atoms with van der Waals surface area (Å²) >= 11 is 0. The molecule has 0 saturated heterocycles. The van der Waals surface area contributed by atoms with Gasteiger partial charge in [0.1, 0.15) is 14.2 Å². The first-order chi connectivity index (χ1) is 13.0. The molecule has 0 heterocycles. The zero-order valence-corrected chi connectivity index (χ0v) is 25.8. The first-order valence-electron chi connectivity index (χ1n) is 11.5. The van der Waals surface area contributed by atoms with Crippen LogP contribution in [0.15, 0.2) is 0 Å². The molecule has 0 aromatic heterocycles. The molecule has 0 aromatic carbocycles. The van der Waals surface area contributed by atoms with Gasteiger partial charge in [0.15, 0.2) is 16.6 Å². The quantitative estimate of drug-likeness (QED) is 0.308. The molecular formula is C24H52O3Si3.